The van der Waals surface area contributed by atoms with E-state index in [0.29, 0.717) is 20.6 Å². The fourth-order valence-corrected chi connectivity index (χ4v) is 6.80. The van der Waals surface area contributed by atoms with E-state index in [0.717, 1.165) is 38.2 Å². The van der Waals surface area contributed by atoms with Gasteiger partial charge in [0.15, 0.2) is 4.80 Å². The largest absolute Gasteiger partial charge is 0.463 e. The van der Waals surface area contributed by atoms with E-state index in [4.69, 9.17) is 9.73 Å². The molecule has 1 atom stereocenters. The number of carbonyl (C=O) groups excluding carboxylic acids is 1. The third kappa shape index (κ3) is 4.06. The average Bonchev–Trinajstić information content (AvgIpc) is 3.63. The molecule has 6 rings (SSSR count). The van der Waals surface area contributed by atoms with E-state index in [1.54, 1.807) is 18.4 Å². The van der Waals surface area contributed by atoms with E-state index >= 15 is 0 Å². The van der Waals surface area contributed by atoms with Gasteiger partial charge in [-0.1, -0.05) is 59.4 Å². The van der Waals surface area contributed by atoms with E-state index in [9.17, 15) is 9.59 Å². The predicted octanol–water partition coefficient (Wildman–Crippen LogP) is 5.32. The Bertz CT molecular complexity index is 1890. The van der Waals surface area contributed by atoms with Gasteiger partial charge in [0.2, 0.25) is 0 Å². The smallest absolute Gasteiger partial charge is 0.338 e. The number of H-pyrrole nitrogens is 1. The van der Waals surface area contributed by atoms with Crippen LogP contribution >= 0.6 is 22.7 Å². The number of hydrogen-bond acceptors (Lipinski definition) is 6. The second-order valence-electron chi connectivity index (χ2n) is 9.15. The SMILES string of the molecule is CCOC(=O)C1=C(C)N=c2sc(=Cc3c(-c4ccccc4)[nH]c4ccc(C)cc34)c(=O)n2C1c1cccs1. The molecule has 0 fully saturated rings. The fraction of sp³-hybridized carbons (Fsp3) is 0.167. The number of carbonyl (C=O) groups is 1. The van der Waals surface area contributed by atoms with Crippen molar-refractivity contribution in [3.8, 4) is 11.3 Å². The highest BCUT2D eigenvalue weighted by atomic mass is 32.1. The van der Waals surface area contributed by atoms with Gasteiger partial charge in [-0.2, -0.15) is 0 Å². The molecular formula is C30H25N3O3S2. The average molecular weight is 540 g/mol. The number of thiophene rings is 1. The molecule has 0 aliphatic carbocycles. The van der Waals surface area contributed by atoms with Gasteiger partial charge in [0, 0.05) is 21.3 Å². The summed E-state index contributed by atoms with van der Waals surface area (Å²) in [5, 5.41) is 3.00. The van der Waals surface area contributed by atoms with Crippen molar-refractivity contribution in [3.05, 3.63) is 113 Å². The predicted molar refractivity (Wildman–Crippen MR) is 153 cm³/mol. The van der Waals surface area contributed by atoms with Gasteiger partial charge >= 0.3 is 5.97 Å². The molecule has 0 bridgehead atoms. The van der Waals surface area contributed by atoms with Crippen molar-refractivity contribution >= 4 is 45.6 Å². The van der Waals surface area contributed by atoms with Crippen molar-refractivity contribution in [1.29, 1.82) is 0 Å². The normalized spacial score (nSPS) is 15.6. The Morgan fingerprint density at radius 1 is 1.13 bits per heavy atom. The van der Waals surface area contributed by atoms with Crippen LogP contribution in [0.3, 0.4) is 0 Å². The lowest BCUT2D eigenvalue weighted by Gasteiger charge is -2.23. The lowest BCUT2D eigenvalue weighted by atomic mass is 10.0. The van der Waals surface area contributed by atoms with Gasteiger partial charge in [-0.3, -0.25) is 9.36 Å². The maximum Gasteiger partial charge on any atom is 0.338 e. The molecule has 2 aromatic carbocycles. The monoisotopic (exact) mass is 539 g/mol. The fourth-order valence-electron chi connectivity index (χ4n) is 4.95. The van der Waals surface area contributed by atoms with Crippen LogP contribution in [0.5, 0.6) is 0 Å². The number of thiazole rings is 1. The molecule has 190 valence electrons. The highest BCUT2D eigenvalue weighted by Crippen LogP contribution is 2.34. The molecule has 8 heteroatoms. The minimum atomic E-state index is -0.578. The van der Waals surface area contributed by atoms with Crippen molar-refractivity contribution < 1.29 is 9.53 Å². The number of esters is 1. The summed E-state index contributed by atoms with van der Waals surface area (Å²) in [5.41, 5.74) is 5.89. The molecule has 1 unspecified atom stereocenters. The molecular weight excluding hydrogens is 514 g/mol. The second kappa shape index (κ2) is 9.70. The molecule has 0 radical (unpaired) electrons. The van der Waals surface area contributed by atoms with Crippen LogP contribution < -0.4 is 14.9 Å². The van der Waals surface area contributed by atoms with E-state index in [1.165, 1.54) is 22.7 Å². The Morgan fingerprint density at radius 2 is 1.95 bits per heavy atom. The quantitative estimate of drug-likeness (QED) is 0.307. The van der Waals surface area contributed by atoms with Crippen molar-refractivity contribution in [2.75, 3.05) is 6.61 Å². The summed E-state index contributed by atoms with van der Waals surface area (Å²) < 4.78 is 7.58. The summed E-state index contributed by atoms with van der Waals surface area (Å²) in [6, 6.07) is 19.7. The zero-order chi connectivity index (χ0) is 26.4. The van der Waals surface area contributed by atoms with Gasteiger partial charge in [0.1, 0.15) is 6.04 Å². The van der Waals surface area contributed by atoms with E-state index < -0.39 is 12.0 Å². The molecule has 3 aromatic heterocycles. The Balaban J connectivity index is 1.61. The first kappa shape index (κ1) is 24.3. The van der Waals surface area contributed by atoms with Gasteiger partial charge < -0.3 is 9.72 Å². The molecule has 0 spiro atoms. The number of aryl methyl sites for hydroxylation is 1. The Morgan fingerprint density at radius 3 is 2.68 bits per heavy atom. The van der Waals surface area contributed by atoms with Crippen molar-refractivity contribution in [1.82, 2.24) is 9.55 Å². The second-order valence-corrected chi connectivity index (χ2v) is 11.1. The molecule has 5 aromatic rings. The standard InChI is InChI=1S/C30H25N3O3S2/c1-4-36-29(35)25-18(3)31-30-33(27(25)23-11-8-14-37-23)28(34)24(38-30)16-21-20-15-17(2)12-13-22(20)32-26(21)19-9-6-5-7-10-19/h5-16,27,32H,4H2,1-3H3. The number of aromatic nitrogens is 2. The zero-order valence-corrected chi connectivity index (χ0v) is 22.8. The molecule has 38 heavy (non-hydrogen) atoms. The van der Waals surface area contributed by atoms with E-state index in [2.05, 4.69) is 42.2 Å². The van der Waals surface area contributed by atoms with Crippen molar-refractivity contribution in [3.63, 3.8) is 0 Å². The zero-order valence-electron chi connectivity index (χ0n) is 21.1. The Hall–Kier alpha value is -4.01. The summed E-state index contributed by atoms with van der Waals surface area (Å²) in [6.07, 6.45) is 1.96. The maximum absolute atomic E-state index is 14.0. The van der Waals surface area contributed by atoms with Crippen LogP contribution in [0.2, 0.25) is 0 Å². The van der Waals surface area contributed by atoms with Crippen LogP contribution in [-0.2, 0) is 9.53 Å². The first-order valence-electron chi connectivity index (χ1n) is 12.4. The van der Waals surface area contributed by atoms with Crippen LogP contribution in [0.15, 0.2) is 87.1 Å². The number of fused-ring (bicyclic) bond motifs is 2. The first-order valence-corrected chi connectivity index (χ1v) is 14.1. The molecule has 4 heterocycles. The highest BCUT2D eigenvalue weighted by molar-refractivity contribution is 7.10. The molecule has 1 N–H and O–H groups in total. The van der Waals surface area contributed by atoms with Crippen molar-refractivity contribution in [2.45, 2.75) is 26.8 Å². The lowest BCUT2D eigenvalue weighted by molar-refractivity contribution is -0.139. The third-order valence-electron chi connectivity index (χ3n) is 6.66. The molecule has 0 amide bonds. The number of nitrogens with zero attached hydrogens (tertiary/aromatic N) is 2. The summed E-state index contributed by atoms with van der Waals surface area (Å²) >= 11 is 2.85. The number of aromatic amines is 1. The summed E-state index contributed by atoms with van der Waals surface area (Å²) in [6.45, 7) is 5.89. The van der Waals surface area contributed by atoms with Gasteiger partial charge in [0.05, 0.1) is 28.1 Å². The molecule has 6 nitrogen and oxygen atoms in total. The third-order valence-corrected chi connectivity index (χ3v) is 8.57. The van der Waals surface area contributed by atoms with Gasteiger partial charge in [0.25, 0.3) is 5.56 Å². The number of ether oxygens (including phenoxy) is 1. The van der Waals surface area contributed by atoms with Crippen LogP contribution in [0.1, 0.15) is 35.9 Å². The summed E-state index contributed by atoms with van der Waals surface area (Å²) in [4.78, 5) is 36.8. The van der Waals surface area contributed by atoms with Gasteiger partial charge in [-0.05, 0) is 56.0 Å². The maximum atomic E-state index is 14.0. The Kier molecular flexibility index (Phi) is 6.21. The van der Waals surface area contributed by atoms with Gasteiger partial charge in [-0.15, -0.1) is 11.3 Å². The van der Waals surface area contributed by atoms with E-state index in [1.807, 2.05) is 41.8 Å². The molecule has 0 saturated carbocycles. The number of rotatable bonds is 5. The number of hydrogen-bond donors (Lipinski definition) is 1. The van der Waals surface area contributed by atoms with E-state index in [-0.39, 0.29) is 12.2 Å². The number of allylic oxidation sites excluding steroid dienone is 1. The van der Waals surface area contributed by atoms with Crippen LogP contribution in [0, 0.1) is 6.92 Å². The van der Waals surface area contributed by atoms with Gasteiger partial charge in [-0.25, -0.2) is 9.79 Å². The summed E-state index contributed by atoms with van der Waals surface area (Å²) in [7, 11) is 0. The minimum Gasteiger partial charge on any atom is -0.463 e. The topological polar surface area (TPSA) is 76.4 Å². The molecule has 1 aliphatic heterocycles. The molecule has 0 saturated heterocycles. The van der Waals surface area contributed by atoms with Crippen LogP contribution in [0.25, 0.3) is 28.2 Å². The summed E-state index contributed by atoms with van der Waals surface area (Å²) in [5.74, 6) is -0.445. The minimum absolute atomic E-state index is 0.178. The Labute approximate surface area is 226 Å². The highest BCUT2D eigenvalue weighted by Gasteiger charge is 2.34. The number of nitrogens with one attached hydrogen (secondary N) is 1. The first-order chi connectivity index (χ1) is 18.5. The number of benzene rings is 2. The lowest BCUT2D eigenvalue weighted by Crippen LogP contribution is -2.39. The van der Waals surface area contributed by atoms with Crippen molar-refractivity contribution in [2.24, 2.45) is 4.99 Å². The van der Waals surface area contributed by atoms with Crippen LogP contribution in [0.4, 0.5) is 0 Å². The molecule has 1 aliphatic rings. The van der Waals surface area contributed by atoms with Crippen LogP contribution in [-0.4, -0.2) is 22.1 Å².